The van der Waals surface area contributed by atoms with Gasteiger partial charge in [-0.05, 0) is 12.8 Å². The largest absolute Gasteiger partial charge is 0.378 e. The van der Waals surface area contributed by atoms with Crippen LogP contribution in [0.25, 0.3) is 0 Å². The highest BCUT2D eigenvalue weighted by Gasteiger charge is 2.19. The van der Waals surface area contributed by atoms with E-state index >= 15 is 0 Å². The van der Waals surface area contributed by atoms with Crippen LogP contribution in [-0.4, -0.2) is 60.2 Å². The second-order valence-corrected chi connectivity index (χ2v) is 5.15. The molecule has 1 aliphatic rings. The van der Waals surface area contributed by atoms with E-state index in [9.17, 15) is 4.79 Å². The van der Waals surface area contributed by atoms with Gasteiger partial charge in [-0.3, -0.25) is 4.79 Å². The summed E-state index contributed by atoms with van der Waals surface area (Å²) in [7, 11) is 0. The van der Waals surface area contributed by atoms with Gasteiger partial charge in [-0.15, -0.1) is 0 Å². The zero-order chi connectivity index (χ0) is 15.1. The summed E-state index contributed by atoms with van der Waals surface area (Å²) in [5.41, 5.74) is 0.480. The van der Waals surface area contributed by atoms with Crippen LogP contribution in [0.3, 0.4) is 0 Å². The molecular formula is C15H24N4O2. The molecular weight excluding hydrogens is 268 g/mol. The highest BCUT2D eigenvalue weighted by atomic mass is 16.5. The molecule has 0 saturated carbocycles. The Morgan fingerprint density at radius 3 is 2.52 bits per heavy atom. The molecule has 1 aromatic heterocycles. The Hall–Kier alpha value is -1.69. The number of ether oxygens (including phenoxy) is 1. The monoisotopic (exact) mass is 292 g/mol. The van der Waals surface area contributed by atoms with Crippen molar-refractivity contribution < 1.29 is 9.53 Å². The normalized spacial score (nSPS) is 15.0. The first kappa shape index (κ1) is 15.7. The molecule has 0 unspecified atom stereocenters. The minimum Gasteiger partial charge on any atom is -0.378 e. The number of hydrogen-bond donors (Lipinski definition) is 0. The minimum atomic E-state index is -0.00407. The van der Waals surface area contributed by atoms with Gasteiger partial charge in [0.05, 0.1) is 13.2 Å². The number of carbonyl (C=O) groups excluding carboxylic acids is 1. The molecule has 1 fully saturated rings. The Morgan fingerprint density at radius 2 is 1.90 bits per heavy atom. The predicted octanol–water partition coefficient (Wildman–Crippen LogP) is 1.58. The molecule has 0 radical (unpaired) electrons. The SMILES string of the molecule is CCCN(CCC)C(=O)c1cc(N2CCOCC2)ncn1. The van der Waals surface area contributed by atoms with E-state index in [0.717, 1.165) is 44.8 Å². The van der Waals surface area contributed by atoms with E-state index in [0.29, 0.717) is 18.9 Å². The molecule has 0 aliphatic carbocycles. The molecule has 6 nitrogen and oxygen atoms in total. The van der Waals surface area contributed by atoms with Crippen LogP contribution in [0.5, 0.6) is 0 Å². The van der Waals surface area contributed by atoms with Crippen LogP contribution in [0.4, 0.5) is 5.82 Å². The smallest absolute Gasteiger partial charge is 0.272 e. The lowest BCUT2D eigenvalue weighted by atomic mass is 10.2. The Kier molecular flexibility index (Phi) is 5.92. The van der Waals surface area contributed by atoms with Crippen LogP contribution in [0.1, 0.15) is 37.2 Å². The van der Waals surface area contributed by atoms with Gasteiger partial charge in [-0.1, -0.05) is 13.8 Å². The van der Waals surface area contributed by atoms with Gasteiger partial charge in [0.2, 0.25) is 0 Å². The molecule has 1 amide bonds. The van der Waals surface area contributed by atoms with Crippen molar-refractivity contribution in [3.63, 3.8) is 0 Å². The molecule has 116 valence electrons. The third-order valence-corrected chi connectivity index (χ3v) is 3.48. The first-order valence-electron chi connectivity index (χ1n) is 7.70. The fraction of sp³-hybridized carbons (Fsp3) is 0.667. The summed E-state index contributed by atoms with van der Waals surface area (Å²) in [6.45, 7) is 8.70. The summed E-state index contributed by atoms with van der Waals surface area (Å²) in [6, 6.07) is 1.80. The minimum absolute atomic E-state index is 0.00407. The molecule has 0 aromatic carbocycles. The number of carbonyl (C=O) groups is 1. The van der Waals surface area contributed by atoms with Crippen LogP contribution in [0.2, 0.25) is 0 Å². The zero-order valence-corrected chi connectivity index (χ0v) is 12.9. The van der Waals surface area contributed by atoms with Crippen LogP contribution >= 0.6 is 0 Å². The summed E-state index contributed by atoms with van der Waals surface area (Å²) < 4.78 is 5.34. The van der Waals surface area contributed by atoms with E-state index in [-0.39, 0.29) is 5.91 Å². The zero-order valence-electron chi connectivity index (χ0n) is 12.9. The quantitative estimate of drug-likeness (QED) is 0.796. The van der Waals surface area contributed by atoms with Gasteiger partial charge in [0.15, 0.2) is 0 Å². The summed E-state index contributed by atoms with van der Waals surface area (Å²) in [4.78, 5) is 25.0. The Bertz CT molecular complexity index is 455. The van der Waals surface area contributed by atoms with Gasteiger partial charge >= 0.3 is 0 Å². The summed E-state index contributed by atoms with van der Waals surface area (Å²) in [5, 5.41) is 0. The number of nitrogens with zero attached hydrogens (tertiary/aromatic N) is 4. The third-order valence-electron chi connectivity index (χ3n) is 3.48. The summed E-state index contributed by atoms with van der Waals surface area (Å²) in [5.74, 6) is 0.806. The molecule has 1 aliphatic heterocycles. The van der Waals surface area contributed by atoms with Crippen molar-refractivity contribution >= 4 is 11.7 Å². The van der Waals surface area contributed by atoms with Crippen molar-refractivity contribution in [1.82, 2.24) is 14.9 Å². The highest BCUT2D eigenvalue weighted by Crippen LogP contribution is 2.14. The second-order valence-electron chi connectivity index (χ2n) is 5.15. The molecule has 2 rings (SSSR count). The van der Waals surface area contributed by atoms with Crippen LogP contribution in [0.15, 0.2) is 12.4 Å². The van der Waals surface area contributed by atoms with Gasteiger partial charge in [0, 0.05) is 32.2 Å². The molecule has 6 heteroatoms. The van der Waals surface area contributed by atoms with Crippen molar-refractivity contribution in [3.8, 4) is 0 Å². The standard InChI is InChI=1S/C15H24N4O2/c1-3-5-19(6-4-2)15(20)13-11-14(17-12-16-13)18-7-9-21-10-8-18/h11-12H,3-10H2,1-2H3. The van der Waals surface area contributed by atoms with Crippen LogP contribution in [0, 0.1) is 0 Å². The maximum atomic E-state index is 12.6. The number of hydrogen-bond acceptors (Lipinski definition) is 5. The first-order valence-corrected chi connectivity index (χ1v) is 7.70. The lowest BCUT2D eigenvalue weighted by molar-refractivity contribution is 0.0749. The van der Waals surface area contributed by atoms with Gasteiger partial charge < -0.3 is 14.5 Å². The van der Waals surface area contributed by atoms with Crippen molar-refractivity contribution in [2.45, 2.75) is 26.7 Å². The highest BCUT2D eigenvalue weighted by molar-refractivity contribution is 5.92. The number of anilines is 1. The van der Waals surface area contributed by atoms with Crippen molar-refractivity contribution in [1.29, 1.82) is 0 Å². The lowest BCUT2D eigenvalue weighted by Crippen LogP contribution is -2.37. The van der Waals surface area contributed by atoms with Crippen molar-refractivity contribution in [2.75, 3.05) is 44.3 Å². The fourth-order valence-electron chi connectivity index (χ4n) is 2.45. The molecule has 0 atom stereocenters. The average molecular weight is 292 g/mol. The van der Waals surface area contributed by atoms with Gasteiger partial charge in [-0.2, -0.15) is 0 Å². The van der Waals surface area contributed by atoms with E-state index < -0.39 is 0 Å². The van der Waals surface area contributed by atoms with Crippen molar-refractivity contribution in [3.05, 3.63) is 18.1 Å². The fourth-order valence-corrected chi connectivity index (χ4v) is 2.45. The van der Waals surface area contributed by atoms with Crippen LogP contribution in [-0.2, 0) is 4.74 Å². The lowest BCUT2D eigenvalue weighted by Gasteiger charge is -2.28. The van der Waals surface area contributed by atoms with E-state index in [2.05, 4.69) is 28.7 Å². The molecule has 1 aromatic rings. The average Bonchev–Trinajstić information content (AvgIpc) is 2.55. The summed E-state index contributed by atoms with van der Waals surface area (Å²) in [6.07, 6.45) is 3.38. The third kappa shape index (κ3) is 4.14. The van der Waals surface area contributed by atoms with E-state index in [4.69, 9.17) is 4.74 Å². The second kappa shape index (κ2) is 7.93. The molecule has 0 spiro atoms. The van der Waals surface area contributed by atoms with E-state index in [1.165, 1.54) is 6.33 Å². The number of rotatable bonds is 6. The van der Waals surface area contributed by atoms with Gasteiger partial charge in [-0.25, -0.2) is 9.97 Å². The Balaban J connectivity index is 2.13. The maximum absolute atomic E-state index is 12.6. The van der Waals surface area contributed by atoms with Crippen LogP contribution < -0.4 is 4.90 Å². The number of morpholine rings is 1. The van der Waals surface area contributed by atoms with E-state index in [1.807, 2.05) is 4.90 Å². The molecule has 21 heavy (non-hydrogen) atoms. The van der Waals surface area contributed by atoms with Gasteiger partial charge in [0.25, 0.3) is 5.91 Å². The first-order chi connectivity index (χ1) is 10.3. The molecule has 0 bridgehead atoms. The topological polar surface area (TPSA) is 58.6 Å². The number of aromatic nitrogens is 2. The van der Waals surface area contributed by atoms with Gasteiger partial charge in [0.1, 0.15) is 17.8 Å². The van der Waals surface area contributed by atoms with Crippen molar-refractivity contribution in [2.24, 2.45) is 0 Å². The Labute approximate surface area is 126 Å². The molecule has 1 saturated heterocycles. The van der Waals surface area contributed by atoms with E-state index in [1.54, 1.807) is 6.07 Å². The predicted molar refractivity (Wildman–Crippen MR) is 81.5 cm³/mol. The molecule has 2 heterocycles. The molecule has 0 N–H and O–H groups in total. The Morgan fingerprint density at radius 1 is 1.24 bits per heavy atom. The maximum Gasteiger partial charge on any atom is 0.272 e. The number of amides is 1. The summed E-state index contributed by atoms with van der Waals surface area (Å²) >= 11 is 0.